The third-order valence-electron chi connectivity index (χ3n) is 6.68. The van der Waals surface area contributed by atoms with E-state index in [0.29, 0.717) is 0 Å². The highest BCUT2D eigenvalue weighted by atomic mass is 14.2. The van der Waals surface area contributed by atoms with E-state index in [1.807, 2.05) is 0 Å². The van der Waals surface area contributed by atoms with Gasteiger partial charge in [0, 0.05) is 0 Å². The van der Waals surface area contributed by atoms with Crippen LogP contribution in [0.2, 0.25) is 0 Å². The lowest BCUT2D eigenvalue weighted by Gasteiger charge is -2.26. The molecule has 2 fully saturated rings. The van der Waals surface area contributed by atoms with E-state index in [0.717, 1.165) is 17.8 Å². The Morgan fingerprint density at radius 2 is 1.56 bits per heavy atom. The van der Waals surface area contributed by atoms with E-state index in [1.165, 1.54) is 89.0 Å². The Morgan fingerprint density at radius 1 is 0.840 bits per heavy atom. The number of allylic oxidation sites excluding steroid dienone is 1. The van der Waals surface area contributed by atoms with Gasteiger partial charge in [-0.3, -0.25) is 0 Å². The minimum atomic E-state index is 0.820. The smallest absolute Gasteiger partial charge is 0.0162 e. The SMILES string of the molecule is CCCCCC1CCC(/C=C/c2ccc(C3CCCCC3)cc2)CC1. The van der Waals surface area contributed by atoms with Gasteiger partial charge in [0.1, 0.15) is 0 Å². The van der Waals surface area contributed by atoms with E-state index in [-0.39, 0.29) is 0 Å². The molecule has 0 bridgehead atoms. The predicted molar refractivity (Wildman–Crippen MR) is 111 cm³/mol. The van der Waals surface area contributed by atoms with Gasteiger partial charge in [-0.25, -0.2) is 0 Å². The second-order valence-electron chi connectivity index (χ2n) is 8.64. The van der Waals surface area contributed by atoms with Crippen LogP contribution in [0.5, 0.6) is 0 Å². The van der Waals surface area contributed by atoms with Crippen molar-refractivity contribution >= 4 is 6.08 Å². The standard InChI is InChI=1S/C25H38/c1-2-3-5-8-21-11-13-22(14-12-21)15-16-23-17-19-25(20-18-23)24-9-6-4-7-10-24/h15-22,24H,2-14H2,1H3/b16-15+. The molecule has 0 radical (unpaired) electrons. The lowest BCUT2D eigenvalue weighted by atomic mass is 9.79. The van der Waals surface area contributed by atoms with E-state index >= 15 is 0 Å². The van der Waals surface area contributed by atoms with Crippen molar-refractivity contribution in [2.45, 2.75) is 96.3 Å². The summed E-state index contributed by atoms with van der Waals surface area (Å²) in [6.07, 6.45) is 23.4. The molecular formula is C25H38. The summed E-state index contributed by atoms with van der Waals surface area (Å²) in [4.78, 5) is 0. The van der Waals surface area contributed by atoms with Crippen LogP contribution in [-0.4, -0.2) is 0 Å². The van der Waals surface area contributed by atoms with Gasteiger partial charge in [0.15, 0.2) is 0 Å². The number of benzene rings is 1. The summed E-state index contributed by atoms with van der Waals surface area (Å²) in [5.41, 5.74) is 2.97. The van der Waals surface area contributed by atoms with E-state index < -0.39 is 0 Å². The summed E-state index contributed by atoms with van der Waals surface area (Å²) in [5.74, 6) is 2.67. The van der Waals surface area contributed by atoms with Crippen LogP contribution in [0.15, 0.2) is 30.3 Å². The van der Waals surface area contributed by atoms with Gasteiger partial charge >= 0.3 is 0 Å². The topological polar surface area (TPSA) is 0 Å². The van der Waals surface area contributed by atoms with E-state index in [4.69, 9.17) is 0 Å². The quantitative estimate of drug-likeness (QED) is 0.440. The molecule has 0 N–H and O–H groups in total. The molecule has 3 rings (SSSR count). The number of hydrogen-bond donors (Lipinski definition) is 0. The average Bonchev–Trinajstić information content (AvgIpc) is 2.69. The molecule has 0 aromatic heterocycles. The van der Waals surface area contributed by atoms with Crippen LogP contribution in [0.3, 0.4) is 0 Å². The van der Waals surface area contributed by atoms with Crippen LogP contribution in [0, 0.1) is 11.8 Å². The van der Waals surface area contributed by atoms with E-state index in [9.17, 15) is 0 Å². The first-order chi connectivity index (χ1) is 12.3. The van der Waals surface area contributed by atoms with Gasteiger partial charge in [0.05, 0.1) is 0 Å². The third kappa shape index (κ3) is 6.01. The van der Waals surface area contributed by atoms with Crippen molar-refractivity contribution in [1.29, 1.82) is 0 Å². The summed E-state index contributed by atoms with van der Waals surface area (Å²) in [5, 5.41) is 0. The summed E-state index contributed by atoms with van der Waals surface area (Å²) >= 11 is 0. The Labute approximate surface area is 156 Å². The molecule has 0 heterocycles. The second kappa shape index (κ2) is 10.2. The fourth-order valence-electron chi connectivity index (χ4n) is 4.91. The van der Waals surface area contributed by atoms with Gasteiger partial charge in [-0.15, -0.1) is 0 Å². The Morgan fingerprint density at radius 3 is 2.24 bits per heavy atom. The average molecular weight is 339 g/mol. The zero-order valence-corrected chi connectivity index (χ0v) is 16.4. The van der Waals surface area contributed by atoms with Gasteiger partial charge < -0.3 is 0 Å². The molecule has 0 aliphatic heterocycles. The molecule has 0 atom stereocenters. The maximum atomic E-state index is 2.50. The van der Waals surface area contributed by atoms with E-state index in [1.54, 1.807) is 5.56 Å². The van der Waals surface area contributed by atoms with Gasteiger partial charge in [0.2, 0.25) is 0 Å². The normalized spacial score (nSPS) is 25.5. The van der Waals surface area contributed by atoms with Crippen molar-refractivity contribution in [2.75, 3.05) is 0 Å². The van der Waals surface area contributed by atoms with Crippen LogP contribution in [0.4, 0.5) is 0 Å². The van der Waals surface area contributed by atoms with Gasteiger partial charge in [-0.05, 0) is 67.4 Å². The minimum Gasteiger partial charge on any atom is -0.0808 e. The van der Waals surface area contributed by atoms with Crippen molar-refractivity contribution in [2.24, 2.45) is 11.8 Å². The first-order valence-corrected chi connectivity index (χ1v) is 11.1. The molecule has 2 aliphatic carbocycles. The number of unbranched alkanes of at least 4 members (excludes halogenated alkanes) is 2. The maximum Gasteiger partial charge on any atom is -0.0162 e. The van der Waals surface area contributed by atoms with Crippen molar-refractivity contribution < 1.29 is 0 Å². The molecule has 138 valence electrons. The molecule has 0 unspecified atom stereocenters. The van der Waals surface area contributed by atoms with Crippen LogP contribution in [0.25, 0.3) is 6.08 Å². The third-order valence-corrected chi connectivity index (χ3v) is 6.68. The molecule has 0 spiro atoms. The van der Waals surface area contributed by atoms with Crippen molar-refractivity contribution in [1.82, 2.24) is 0 Å². The first kappa shape index (κ1) is 18.7. The highest BCUT2D eigenvalue weighted by molar-refractivity contribution is 5.50. The van der Waals surface area contributed by atoms with Crippen LogP contribution in [0.1, 0.15) is 107 Å². The summed E-state index contributed by atoms with van der Waals surface area (Å²) in [6.45, 7) is 2.31. The number of rotatable bonds is 7. The Balaban J connectivity index is 1.43. The highest BCUT2D eigenvalue weighted by Gasteiger charge is 2.19. The molecule has 0 heteroatoms. The molecule has 2 aliphatic rings. The zero-order chi connectivity index (χ0) is 17.3. The van der Waals surface area contributed by atoms with Crippen LogP contribution >= 0.6 is 0 Å². The van der Waals surface area contributed by atoms with Crippen molar-refractivity contribution in [3.63, 3.8) is 0 Å². The Hall–Kier alpha value is -1.04. The summed E-state index contributed by atoms with van der Waals surface area (Å²) in [6, 6.07) is 9.47. The Bertz CT molecular complexity index is 495. The monoisotopic (exact) mass is 338 g/mol. The second-order valence-corrected chi connectivity index (χ2v) is 8.64. The van der Waals surface area contributed by atoms with Crippen LogP contribution in [-0.2, 0) is 0 Å². The molecule has 1 aromatic carbocycles. The predicted octanol–water partition coefficient (Wildman–Crippen LogP) is 8.13. The maximum absolute atomic E-state index is 2.50. The molecule has 2 saturated carbocycles. The lowest BCUT2D eigenvalue weighted by molar-refractivity contribution is 0.290. The molecule has 0 amide bonds. The first-order valence-electron chi connectivity index (χ1n) is 11.1. The lowest BCUT2D eigenvalue weighted by Crippen LogP contribution is -2.12. The molecule has 0 saturated heterocycles. The van der Waals surface area contributed by atoms with Crippen molar-refractivity contribution in [3.05, 3.63) is 41.5 Å². The summed E-state index contributed by atoms with van der Waals surface area (Å²) < 4.78 is 0. The fourth-order valence-corrected chi connectivity index (χ4v) is 4.91. The largest absolute Gasteiger partial charge is 0.0808 e. The van der Waals surface area contributed by atoms with Gasteiger partial charge in [0.25, 0.3) is 0 Å². The van der Waals surface area contributed by atoms with E-state index in [2.05, 4.69) is 43.3 Å². The highest BCUT2D eigenvalue weighted by Crippen LogP contribution is 2.34. The van der Waals surface area contributed by atoms with Crippen molar-refractivity contribution in [3.8, 4) is 0 Å². The fraction of sp³-hybridized carbons (Fsp3) is 0.680. The molecule has 25 heavy (non-hydrogen) atoms. The minimum absolute atomic E-state index is 0.820. The molecular weight excluding hydrogens is 300 g/mol. The van der Waals surface area contributed by atoms with Crippen LogP contribution < -0.4 is 0 Å². The molecule has 1 aromatic rings. The zero-order valence-electron chi connectivity index (χ0n) is 16.4. The molecule has 0 nitrogen and oxygen atoms in total. The number of hydrogen-bond acceptors (Lipinski definition) is 0. The Kier molecular flexibility index (Phi) is 7.64. The van der Waals surface area contributed by atoms with Gasteiger partial charge in [-0.2, -0.15) is 0 Å². The van der Waals surface area contributed by atoms with Gasteiger partial charge in [-0.1, -0.05) is 88.3 Å². The summed E-state index contributed by atoms with van der Waals surface area (Å²) in [7, 11) is 0.